The molecule has 1 aromatic carbocycles. The molecule has 0 unspecified atom stereocenters. The zero-order valence-electron chi connectivity index (χ0n) is 11.6. The molecule has 2 aliphatic heterocycles. The molecular formula is C14H19N3O3. The number of aryl methyl sites for hydroxylation is 1. The van der Waals surface area contributed by atoms with Crippen LogP contribution in [-0.4, -0.2) is 50.3 Å². The number of urea groups is 1. The maximum Gasteiger partial charge on any atom is 0.321 e. The van der Waals surface area contributed by atoms with Gasteiger partial charge in [-0.15, -0.1) is 0 Å². The van der Waals surface area contributed by atoms with Gasteiger partial charge in [-0.2, -0.15) is 0 Å². The van der Waals surface area contributed by atoms with Crippen LogP contribution >= 0.6 is 0 Å². The van der Waals surface area contributed by atoms with E-state index >= 15 is 0 Å². The topological polar surface area (TPSA) is 62.8 Å². The lowest BCUT2D eigenvalue weighted by Gasteiger charge is -2.28. The Morgan fingerprint density at radius 3 is 2.55 bits per heavy atom. The van der Waals surface area contributed by atoms with Crippen LogP contribution in [-0.2, 0) is 0 Å². The molecule has 108 valence electrons. The summed E-state index contributed by atoms with van der Waals surface area (Å²) in [6.07, 6.45) is 0. The molecule has 0 saturated carbocycles. The standard InChI is InChI=1S/C14H19N3O3/c1-10-8-12-13(20-7-6-19-12)9-11(10)16-14(18)17-4-2-15-3-5-17/h8-9,15H,2-7H2,1H3,(H,16,18). The average Bonchev–Trinajstić information content (AvgIpc) is 2.49. The van der Waals surface area contributed by atoms with E-state index < -0.39 is 0 Å². The lowest BCUT2D eigenvalue weighted by Crippen LogP contribution is -2.48. The number of nitrogens with zero attached hydrogens (tertiary/aromatic N) is 1. The summed E-state index contributed by atoms with van der Waals surface area (Å²) < 4.78 is 11.1. The van der Waals surface area contributed by atoms with Gasteiger partial charge in [-0.1, -0.05) is 0 Å². The molecule has 2 heterocycles. The van der Waals surface area contributed by atoms with E-state index in [1.54, 1.807) is 0 Å². The number of rotatable bonds is 1. The number of ether oxygens (including phenoxy) is 2. The fourth-order valence-corrected chi connectivity index (χ4v) is 2.39. The van der Waals surface area contributed by atoms with Crippen molar-refractivity contribution in [3.05, 3.63) is 17.7 Å². The molecule has 20 heavy (non-hydrogen) atoms. The van der Waals surface area contributed by atoms with E-state index in [1.165, 1.54) is 0 Å². The van der Waals surface area contributed by atoms with Crippen LogP contribution in [0, 0.1) is 6.92 Å². The quantitative estimate of drug-likeness (QED) is 0.810. The molecule has 0 aromatic heterocycles. The number of hydrogen-bond donors (Lipinski definition) is 2. The number of carbonyl (C=O) groups excluding carboxylic acids is 1. The molecule has 1 saturated heterocycles. The third-order valence-corrected chi connectivity index (χ3v) is 3.53. The van der Waals surface area contributed by atoms with Gasteiger partial charge in [-0.3, -0.25) is 0 Å². The Morgan fingerprint density at radius 2 is 1.85 bits per heavy atom. The Bertz CT molecular complexity index is 513. The average molecular weight is 277 g/mol. The molecule has 0 bridgehead atoms. The van der Waals surface area contributed by atoms with Gasteiger partial charge in [0.25, 0.3) is 0 Å². The molecule has 2 aliphatic rings. The number of piperazine rings is 1. The molecular weight excluding hydrogens is 258 g/mol. The molecule has 2 amide bonds. The first-order valence-electron chi connectivity index (χ1n) is 6.91. The third kappa shape index (κ3) is 2.65. The van der Waals surface area contributed by atoms with Crippen LogP contribution in [0.1, 0.15) is 5.56 Å². The third-order valence-electron chi connectivity index (χ3n) is 3.53. The highest BCUT2D eigenvalue weighted by Gasteiger charge is 2.19. The van der Waals surface area contributed by atoms with Gasteiger partial charge >= 0.3 is 6.03 Å². The van der Waals surface area contributed by atoms with Gasteiger partial charge in [0.05, 0.1) is 0 Å². The number of carbonyl (C=O) groups is 1. The Hall–Kier alpha value is -1.95. The summed E-state index contributed by atoms with van der Waals surface area (Å²) in [4.78, 5) is 14.0. The first-order chi connectivity index (χ1) is 9.74. The normalized spacial score (nSPS) is 17.8. The second-order valence-corrected chi connectivity index (χ2v) is 4.98. The second kappa shape index (κ2) is 5.58. The van der Waals surface area contributed by atoms with Crippen LogP contribution in [0.25, 0.3) is 0 Å². The predicted molar refractivity (Wildman–Crippen MR) is 75.6 cm³/mol. The zero-order chi connectivity index (χ0) is 13.9. The van der Waals surface area contributed by atoms with E-state index in [2.05, 4.69) is 10.6 Å². The van der Waals surface area contributed by atoms with Gasteiger partial charge in [0.15, 0.2) is 11.5 Å². The van der Waals surface area contributed by atoms with E-state index in [0.717, 1.165) is 43.2 Å². The molecule has 2 N–H and O–H groups in total. The van der Waals surface area contributed by atoms with Crippen molar-refractivity contribution in [3.63, 3.8) is 0 Å². The number of fused-ring (bicyclic) bond motifs is 1. The number of hydrogen-bond acceptors (Lipinski definition) is 4. The van der Waals surface area contributed by atoms with Crippen LogP contribution in [0.2, 0.25) is 0 Å². The summed E-state index contributed by atoms with van der Waals surface area (Å²) in [5.41, 5.74) is 1.75. The summed E-state index contributed by atoms with van der Waals surface area (Å²) >= 11 is 0. The van der Waals surface area contributed by atoms with Crippen LogP contribution in [0.4, 0.5) is 10.5 Å². The van der Waals surface area contributed by atoms with E-state index in [1.807, 2.05) is 24.0 Å². The van der Waals surface area contributed by atoms with Gasteiger partial charge < -0.3 is 25.0 Å². The number of benzene rings is 1. The Labute approximate surface area is 118 Å². The van der Waals surface area contributed by atoms with E-state index in [9.17, 15) is 4.79 Å². The highest BCUT2D eigenvalue weighted by atomic mass is 16.6. The van der Waals surface area contributed by atoms with Gasteiger partial charge in [0.1, 0.15) is 13.2 Å². The number of anilines is 1. The molecule has 0 atom stereocenters. The smallest absolute Gasteiger partial charge is 0.321 e. The number of nitrogens with one attached hydrogen (secondary N) is 2. The zero-order valence-corrected chi connectivity index (χ0v) is 11.6. The maximum atomic E-state index is 12.2. The Balaban J connectivity index is 1.74. The molecule has 1 aromatic rings. The van der Waals surface area contributed by atoms with Crippen LogP contribution in [0.15, 0.2) is 12.1 Å². The van der Waals surface area contributed by atoms with Gasteiger partial charge in [0.2, 0.25) is 0 Å². The van der Waals surface area contributed by atoms with Crippen molar-refractivity contribution >= 4 is 11.7 Å². The van der Waals surface area contributed by atoms with Crippen molar-refractivity contribution in [1.82, 2.24) is 10.2 Å². The largest absolute Gasteiger partial charge is 0.486 e. The lowest BCUT2D eigenvalue weighted by molar-refractivity contribution is 0.171. The van der Waals surface area contributed by atoms with Gasteiger partial charge in [-0.05, 0) is 18.6 Å². The van der Waals surface area contributed by atoms with Crippen molar-refractivity contribution in [2.45, 2.75) is 6.92 Å². The van der Waals surface area contributed by atoms with E-state index in [4.69, 9.17) is 9.47 Å². The van der Waals surface area contributed by atoms with E-state index in [-0.39, 0.29) is 6.03 Å². The second-order valence-electron chi connectivity index (χ2n) is 4.98. The summed E-state index contributed by atoms with van der Waals surface area (Å²) in [5.74, 6) is 1.44. The highest BCUT2D eigenvalue weighted by Crippen LogP contribution is 2.35. The molecule has 0 aliphatic carbocycles. The highest BCUT2D eigenvalue weighted by molar-refractivity contribution is 5.90. The first kappa shape index (κ1) is 13.1. The summed E-state index contributed by atoms with van der Waals surface area (Å²) in [7, 11) is 0. The molecule has 0 spiro atoms. The van der Waals surface area contributed by atoms with Crippen LogP contribution in [0.3, 0.4) is 0 Å². The van der Waals surface area contributed by atoms with Gasteiger partial charge in [-0.25, -0.2) is 4.79 Å². The fraction of sp³-hybridized carbons (Fsp3) is 0.500. The van der Waals surface area contributed by atoms with Crippen molar-refractivity contribution in [1.29, 1.82) is 0 Å². The minimum absolute atomic E-state index is 0.0636. The molecule has 6 nitrogen and oxygen atoms in total. The first-order valence-corrected chi connectivity index (χ1v) is 6.91. The summed E-state index contributed by atoms with van der Waals surface area (Å²) in [5, 5.41) is 6.18. The number of amides is 2. The van der Waals surface area contributed by atoms with Gasteiger partial charge in [0, 0.05) is 37.9 Å². The van der Waals surface area contributed by atoms with Crippen molar-refractivity contribution in [2.24, 2.45) is 0 Å². The molecule has 3 rings (SSSR count). The minimum atomic E-state index is -0.0636. The van der Waals surface area contributed by atoms with Crippen molar-refractivity contribution in [2.75, 3.05) is 44.7 Å². The minimum Gasteiger partial charge on any atom is -0.486 e. The summed E-state index contributed by atoms with van der Waals surface area (Å²) in [6, 6.07) is 3.68. The van der Waals surface area contributed by atoms with Crippen LogP contribution < -0.4 is 20.1 Å². The Kier molecular flexibility index (Phi) is 3.64. The van der Waals surface area contributed by atoms with Crippen molar-refractivity contribution in [3.8, 4) is 11.5 Å². The fourth-order valence-electron chi connectivity index (χ4n) is 2.39. The lowest BCUT2D eigenvalue weighted by atomic mass is 10.1. The summed E-state index contributed by atoms with van der Waals surface area (Å²) in [6.45, 7) is 6.21. The molecule has 0 radical (unpaired) electrons. The molecule has 6 heteroatoms. The Morgan fingerprint density at radius 1 is 1.20 bits per heavy atom. The van der Waals surface area contributed by atoms with Crippen LogP contribution in [0.5, 0.6) is 11.5 Å². The monoisotopic (exact) mass is 277 g/mol. The SMILES string of the molecule is Cc1cc2c(cc1NC(=O)N1CCNCC1)OCCO2. The van der Waals surface area contributed by atoms with E-state index in [0.29, 0.717) is 19.0 Å². The molecule has 1 fully saturated rings. The predicted octanol–water partition coefficient (Wildman–Crippen LogP) is 1.20. The van der Waals surface area contributed by atoms with Crippen molar-refractivity contribution < 1.29 is 14.3 Å². The maximum absolute atomic E-state index is 12.2.